The Kier molecular flexibility index (Phi) is 4.65. The Labute approximate surface area is 87.5 Å². The van der Waals surface area contributed by atoms with Crippen LogP contribution in [-0.2, 0) is 4.79 Å². The van der Waals surface area contributed by atoms with E-state index in [-0.39, 0.29) is 0 Å². The lowest BCUT2D eigenvalue weighted by Crippen LogP contribution is -1.95. The number of hydrogen-bond acceptors (Lipinski definition) is 5. The zero-order chi connectivity index (χ0) is 10.4. The monoisotopic (exact) mass is 214 g/mol. The molecular formula is C9H14N2O2S. The summed E-state index contributed by atoms with van der Waals surface area (Å²) in [4.78, 5) is 11.0. The van der Waals surface area contributed by atoms with Crippen molar-refractivity contribution in [1.29, 1.82) is 0 Å². The Bertz CT molecular complexity index is 299. The fraction of sp³-hybridized carbons (Fsp3) is 0.667. The molecule has 0 aliphatic rings. The summed E-state index contributed by atoms with van der Waals surface area (Å²) in [7, 11) is 0. The van der Waals surface area contributed by atoms with Crippen LogP contribution < -0.4 is 0 Å². The molecule has 0 aliphatic carbocycles. The number of nitrogens with zero attached hydrogens (tertiary/aromatic N) is 2. The first kappa shape index (κ1) is 11.2. The van der Waals surface area contributed by atoms with E-state index in [9.17, 15) is 4.79 Å². The summed E-state index contributed by atoms with van der Waals surface area (Å²) in [5.41, 5.74) is 0. The van der Waals surface area contributed by atoms with Crippen molar-refractivity contribution < 1.29 is 9.21 Å². The Morgan fingerprint density at radius 3 is 2.86 bits per heavy atom. The van der Waals surface area contributed by atoms with Crippen LogP contribution in [0.25, 0.3) is 0 Å². The van der Waals surface area contributed by atoms with Crippen LogP contribution in [0.4, 0.5) is 0 Å². The number of hydrogen-bond donors (Lipinski definition) is 0. The van der Waals surface area contributed by atoms with Gasteiger partial charge in [0.2, 0.25) is 5.89 Å². The molecule has 0 unspecified atom stereocenters. The maximum Gasteiger partial charge on any atom is 0.276 e. The van der Waals surface area contributed by atoms with Gasteiger partial charge in [-0.25, -0.2) is 0 Å². The van der Waals surface area contributed by atoms with Crippen LogP contribution in [0.2, 0.25) is 0 Å². The van der Waals surface area contributed by atoms with E-state index in [1.54, 1.807) is 6.92 Å². The first-order valence-corrected chi connectivity index (χ1v) is 5.65. The average molecular weight is 214 g/mol. The molecule has 4 nitrogen and oxygen atoms in total. The summed E-state index contributed by atoms with van der Waals surface area (Å²) in [5.74, 6) is 1.75. The van der Waals surface area contributed by atoms with Crippen LogP contribution >= 0.6 is 11.8 Å². The lowest BCUT2D eigenvalue weighted by Gasteiger charge is -1.95. The van der Waals surface area contributed by atoms with Gasteiger partial charge in [-0.15, -0.1) is 10.2 Å². The van der Waals surface area contributed by atoms with Crippen molar-refractivity contribution in [3.05, 3.63) is 5.89 Å². The SMILES string of the molecule is CCC(=O)CCCSc1nnc(C)o1. The van der Waals surface area contributed by atoms with E-state index in [0.717, 1.165) is 12.2 Å². The van der Waals surface area contributed by atoms with E-state index >= 15 is 0 Å². The minimum atomic E-state index is 0.312. The zero-order valence-corrected chi connectivity index (χ0v) is 9.26. The normalized spacial score (nSPS) is 10.4. The van der Waals surface area contributed by atoms with Gasteiger partial charge in [-0.05, 0) is 6.42 Å². The van der Waals surface area contributed by atoms with Gasteiger partial charge in [0, 0.05) is 25.5 Å². The van der Waals surface area contributed by atoms with Crippen molar-refractivity contribution >= 4 is 17.5 Å². The maximum absolute atomic E-state index is 11.0. The highest BCUT2D eigenvalue weighted by Gasteiger charge is 2.03. The van der Waals surface area contributed by atoms with E-state index in [2.05, 4.69) is 10.2 Å². The zero-order valence-electron chi connectivity index (χ0n) is 8.45. The molecule has 1 aromatic heterocycles. The second-order valence-corrected chi connectivity index (χ2v) is 3.98. The topological polar surface area (TPSA) is 56.0 Å². The highest BCUT2D eigenvalue weighted by molar-refractivity contribution is 7.99. The van der Waals surface area contributed by atoms with Gasteiger partial charge in [0.25, 0.3) is 5.22 Å². The highest BCUT2D eigenvalue weighted by Crippen LogP contribution is 2.17. The summed E-state index contributed by atoms with van der Waals surface area (Å²) >= 11 is 1.50. The van der Waals surface area contributed by atoms with Crippen LogP contribution in [-0.4, -0.2) is 21.7 Å². The maximum atomic E-state index is 11.0. The van der Waals surface area contributed by atoms with Gasteiger partial charge in [0.1, 0.15) is 5.78 Å². The first-order chi connectivity index (χ1) is 6.72. The molecule has 0 atom stereocenters. The predicted molar refractivity (Wildman–Crippen MR) is 54.3 cm³/mol. The molecule has 14 heavy (non-hydrogen) atoms. The number of aromatic nitrogens is 2. The quantitative estimate of drug-likeness (QED) is 0.537. The van der Waals surface area contributed by atoms with Gasteiger partial charge in [0.05, 0.1) is 0 Å². The summed E-state index contributed by atoms with van der Waals surface area (Å²) in [6, 6.07) is 0. The van der Waals surface area contributed by atoms with E-state index < -0.39 is 0 Å². The molecule has 0 aromatic carbocycles. The van der Waals surface area contributed by atoms with Gasteiger partial charge >= 0.3 is 0 Å². The second-order valence-electron chi connectivity index (χ2n) is 2.93. The van der Waals surface area contributed by atoms with Gasteiger partial charge < -0.3 is 4.42 Å². The number of rotatable bonds is 6. The van der Waals surface area contributed by atoms with Crippen molar-refractivity contribution in [3.63, 3.8) is 0 Å². The molecule has 0 saturated heterocycles. The number of carbonyl (C=O) groups excluding carboxylic acids is 1. The molecule has 5 heteroatoms. The third-order valence-electron chi connectivity index (χ3n) is 1.73. The summed E-state index contributed by atoms with van der Waals surface area (Å²) < 4.78 is 5.17. The lowest BCUT2D eigenvalue weighted by atomic mass is 10.2. The van der Waals surface area contributed by atoms with Gasteiger partial charge in [-0.1, -0.05) is 18.7 Å². The van der Waals surface area contributed by atoms with E-state index in [1.165, 1.54) is 11.8 Å². The molecule has 0 bridgehead atoms. The largest absolute Gasteiger partial charge is 0.416 e. The number of Topliss-reactive ketones (excluding diaryl/α,β-unsaturated/α-hetero) is 1. The molecule has 0 radical (unpaired) electrons. The van der Waals surface area contributed by atoms with Crippen LogP contribution in [0.5, 0.6) is 0 Å². The van der Waals surface area contributed by atoms with Gasteiger partial charge in [-0.2, -0.15) is 0 Å². The summed E-state index contributed by atoms with van der Waals surface area (Å²) in [5, 5.41) is 8.15. The lowest BCUT2D eigenvalue weighted by molar-refractivity contribution is -0.118. The Hall–Kier alpha value is -0.840. The van der Waals surface area contributed by atoms with Crippen LogP contribution in [0.3, 0.4) is 0 Å². The molecule has 1 heterocycles. The standard InChI is InChI=1S/C9H14N2O2S/c1-3-8(12)5-4-6-14-9-11-10-7(2)13-9/h3-6H2,1-2H3. The Balaban J connectivity index is 2.13. The molecule has 0 saturated carbocycles. The minimum Gasteiger partial charge on any atom is -0.416 e. The third kappa shape index (κ3) is 3.91. The fourth-order valence-electron chi connectivity index (χ4n) is 0.942. The number of thioether (sulfide) groups is 1. The number of ketones is 1. The Morgan fingerprint density at radius 2 is 2.29 bits per heavy atom. The van der Waals surface area contributed by atoms with Crippen LogP contribution in [0, 0.1) is 6.92 Å². The molecule has 78 valence electrons. The third-order valence-corrected chi connectivity index (χ3v) is 2.63. The smallest absolute Gasteiger partial charge is 0.276 e. The van der Waals surface area contributed by atoms with E-state index in [4.69, 9.17) is 4.42 Å². The molecule has 1 rings (SSSR count). The number of carbonyl (C=O) groups is 1. The first-order valence-electron chi connectivity index (χ1n) is 4.67. The van der Waals surface area contributed by atoms with E-state index in [1.807, 2.05) is 6.92 Å². The Morgan fingerprint density at radius 1 is 1.50 bits per heavy atom. The molecule has 0 N–H and O–H groups in total. The number of aryl methyl sites for hydroxylation is 1. The molecule has 0 fully saturated rings. The molecule has 0 amide bonds. The molecule has 0 spiro atoms. The van der Waals surface area contributed by atoms with Crippen LogP contribution in [0.1, 0.15) is 32.1 Å². The van der Waals surface area contributed by atoms with Crippen LogP contribution in [0.15, 0.2) is 9.64 Å². The summed E-state index contributed by atoms with van der Waals surface area (Å²) in [6.45, 7) is 3.65. The molecule has 1 aromatic rings. The fourth-order valence-corrected chi connectivity index (χ4v) is 1.68. The molecule has 0 aliphatic heterocycles. The molecular weight excluding hydrogens is 200 g/mol. The average Bonchev–Trinajstić information content (AvgIpc) is 2.58. The highest BCUT2D eigenvalue weighted by atomic mass is 32.2. The van der Waals surface area contributed by atoms with Crippen molar-refractivity contribution in [3.8, 4) is 0 Å². The van der Waals surface area contributed by atoms with E-state index in [0.29, 0.717) is 29.7 Å². The van der Waals surface area contributed by atoms with Gasteiger partial charge in [-0.3, -0.25) is 4.79 Å². The predicted octanol–water partition coefficient (Wildman–Crippen LogP) is 2.23. The van der Waals surface area contributed by atoms with Crippen molar-refractivity contribution in [2.75, 3.05) is 5.75 Å². The van der Waals surface area contributed by atoms with Gasteiger partial charge in [0.15, 0.2) is 0 Å². The minimum absolute atomic E-state index is 0.312. The van der Waals surface area contributed by atoms with Crippen molar-refractivity contribution in [1.82, 2.24) is 10.2 Å². The van der Waals surface area contributed by atoms with Crippen molar-refractivity contribution in [2.45, 2.75) is 38.3 Å². The summed E-state index contributed by atoms with van der Waals surface area (Å²) in [6.07, 6.45) is 2.15. The second kappa shape index (κ2) is 5.80. The van der Waals surface area contributed by atoms with Crippen molar-refractivity contribution in [2.24, 2.45) is 0 Å².